The molecule has 0 fully saturated rings. The first-order chi connectivity index (χ1) is 12.5. The van der Waals surface area contributed by atoms with Crippen molar-refractivity contribution in [1.82, 2.24) is 0 Å². The fraction of sp³-hybridized carbons (Fsp3) is 0.316. The fourth-order valence-corrected chi connectivity index (χ4v) is 6.08. The second kappa shape index (κ2) is 8.22. The lowest BCUT2D eigenvalue weighted by Gasteiger charge is -2.36. The Morgan fingerprint density at radius 3 is 2.62 bits per heavy atom. The van der Waals surface area contributed by atoms with Crippen LogP contribution in [0, 0.1) is 11.8 Å². The van der Waals surface area contributed by atoms with Crippen molar-refractivity contribution in [1.29, 1.82) is 0 Å². The molecule has 0 amide bonds. The number of hydrogen-bond donors (Lipinski definition) is 1. The lowest BCUT2D eigenvalue weighted by atomic mass is 10.0. The first kappa shape index (κ1) is 19.6. The molecule has 1 aliphatic heterocycles. The molecule has 26 heavy (non-hydrogen) atoms. The number of rotatable bonds is 4. The summed E-state index contributed by atoms with van der Waals surface area (Å²) < 4.78 is 5.91. The van der Waals surface area contributed by atoms with Crippen molar-refractivity contribution < 1.29 is 14.6 Å². The van der Waals surface area contributed by atoms with Crippen LogP contribution in [0.5, 0.6) is 5.75 Å². The molecule has 1 aromatic heterocycles. The third kappa shape index (κ3) is 3.74. The molecule has 1 aromatic carbocycles. The van der Waals surface area contributed by atoms with Gasteiger partial charge in [0.15, 0.2) is 0 Å². The van der Waals surface area contributed by atoms with Crippen molar-refractivity contribution >= 4 is 52.6 Å². The number of thiophene rings is 1. The number of carboxylic acid groups (broad SMARTS) is 1. The molecule has 2 aromatic rings. The maximum absolute atomic E-state index is 11.0. The molecule has 1 aliphatic rings. The predicted octanol–water partition coefficient (Wildman–Crippen LogP) is 5.23. The number of ether oxygens (including phenoxy) is 1. The zero-order valence-corrected chi connectivity index (χ0v) is 17.9. The summed E-state index contributed by atoms with van der Waals surface area (Å²) >= 11 is 6.53. The molecule has 0 saturated heterocycles. The molecule has 0 saturated carbocycles. The van der Waals surface area contributed by atoms with Crippen LogP contribution in [0.25, 0.3) is 0 Å². The second-order valence-corrected chi connectivity index (χ2v) is 9.93. The monoisotopic (exact) mass is 422 g/mol. The normalized spacial score (nSPS) is 14.7. The molecular formula is C19H18O3S4. The van der Waals surface area contributed by atoms with E-state index in [1.165, 1.54) is 16.9 Å². The van der Waals surface area contributed by atoms with Crippen LogP contribution in [-0.2, 0) is 4.08 Å². The number of thioether (sulfide) groups is 3. The predicted molar refractivity (Wildman–Crippen MR) is 114 cm³/mol. The van der Waals surface area contributed by atoms with Gasteiger partial charge in [-0.1, -0.05) is 11.8 Å². The van der Waals surface area contributed by atoms with Crippen LogP contribution in [0.1, 0.15) is 32.1 Å². The molecular weight excluding hydrogens is 404 g/mol. The number of benzene rings is 1. The highest BCUT2D eigenvalue weighted by molar-refractivity contribution is 8.16. The Balaban J connectivity index is 2.05. The van der Waals surface area contributed by atoms with E-state index in [-0.39, 0.29) is 4.08 Å². The summed E-state index contributed by atoms with van der Waals surface area (Å²) in [7, 11) is 0. The third-order valence-corrected chi connectivity index (χ3v) is 9.13. The van der Waals surface area contributed by atoms with Crippen molar-refractivity contribution in [2.75, 3.05) is 25.4 Å². The van der Waals surface area contributed by atoms with E-state index in [0.29, 0.717) is 4.88 Å². The number of carboxylic acids is 1. The first-order valence-electron chi connectivity index (χ1n) is 7.83. The topological polar surface area (TPSA) is 46.5 Å². The molecule has 0 aliphatic carbocycles. The Morgan fingerprint density at radius 2 is 2.00 bits per heavy atom. The van der Waals surface area contributed by atoms with Crippen molar-refractivity contribution in [3.8, 4) is 17.6 Å². The standard InChI is InChI=1S/C19H18O3S4/c1-23-17-11-15-14(19(24-2,25-3)8-9-22-15)10-12(17)4-5-13-6-7-16(26-13)18(20)21/h6-7,10-11H,8-9H2,1-3H3,(H,20,21). The van der Waals surface area contributed by atoms with E-state index in [4.69, 9.17) is 9.84 Å². The quantitative estimate of drug-likeness (QED) is 0.414. The minimum absolute atomic E-state index is 0.0135. The van der Waals surface area contributed by atoms with Crippen molar-refractivity contribution in [3.05, 3.63) is 45.1 Å². The highest BCUT2D eigenvalue weighted by Gasteiger charge is 2.37. The summed E-state index contributed by atoms with van der Waals surface area (Å²) in [6.45, 7) is 0.723. The fourth-order valence-electron chi connectivity index (χ4n) is 2.83. The number of hydrogen-bond acceptors (Lipinski definition) is 6. The average molecular weight is 423 g/mol. The maximum Gasteiger partial charge on any atom is 0.345 e. The lowest BCUT2D eigenvalue weighted by molar-refractivity contribution is 0.0702. The number of carbonyl (C=O) groups is 1. The van der Waals surface area contributed by atoms with Gasteiger partial charge < -0.3 is 9.84 Å². The van der Waals surface area contributed by atoms with Gasteiger partial charge in [0, 0.05) is 22.4 Å². The van der Waals surface area contributed by atoms with Gasteiger partial charge in [-0.25, -0.2) is 4.79 Å². The molecule has 0 radical (unpaired) electrons. The van der Waals surface area contributed by atoms with Crippen molar-refractivity contribution in [3.63, 3.8) is 0 Å². The summed E-state index contributed by atoms with van der Waals surface area (Å²) in [5, 5.41) is 9.05. The van der Waals surface area contributed by atoms with Gasteiger partial charge in [-0.2, -0.15) is 0 Å². The molecule has 0 spiro atoms. The minimum atomic E-state index is -0.913. The lowest BCUT2D eigenvalue weighted by Crippen LogP contribution is -2.26. The van der Waals surface area contributed by atoms with Gasteiger partial charge in [-0.15, -0.1) is 46.6 Å². The van der Waals surface area contributed by atoms with Crippen LogP contribution < -0.4 is 4.74 Å². The Bertz CT molecular complexity index is 888. The smallest absolute Gasteiger partial charge is 0.345 e. The van der Waals surface area contributed by atoms with Crippen LogP contribution in [0.4, 0.5) is 0 Å². The Morgan fingerprint density at radius 1 is 1.23 bits per heavy atom. The maximum atomic E-state index is 11.0. The van der Waals surface area contributed by atoms with E-state index >= 15 is 0 Å². The van der Waals surface area contributed by atoms with Gasteiger partial charge in [-0.05, 0) is 43.0 Å². The zero-order valence-electron chi connectivity index (χ0n) is 14.6. The molecule has 136 valence electrons. The zero-order chi connectivity index (χ0) is 18.7. The molecule has 0 unspecified atom stereocenters. The summed E-state index contributed by atoms with van der Waals surface area (Å²) in [6, 6.07) is 7.59. The van der Waals surface area contributed by atoms with Crippen LogP contribution in [0.3, 0.4) is 0 Å². The van der Waals surface area contributed by atoms with Crippen LogP contribution >= 0.6 is 46.6 Å². The SMILES string of the molecule is CSc1cc2c(cc1C#Cc1ccc(C(=O)O)s1)C(SC)(SC)CCO2. The van der Waals surface area contributed by atoms with Crippen LogP contribution in [0.15, 0.2) is 29.2 Å². The van der Waals surface area contributed by atoms with Gasteiger partial charge in [0.2, 0.25) is 0 Å². The highest BCUT2D eigenvalue weighted by atomic mass is 32.2. The van der Waals surface area contributed by atoms with Crippen molar-refractivity contribution in [2.24, 2.45) is 0 Å². The van der Waals surface area contributed by atoms with Crippen LogP contribution in [0.2, 0.25) is 0 Å². The van der Waals surface area contributed by atoms with E-state index in [1.54, 1.807) is 23.9 Å². The Kier molecular flexibility index (Phi) is 6.18. The van der Waals surface area contributed by atoms with Crippen LogP contribution in [-0.4, -0.2) is 36.5 Å². The number of fused-ring (bicyclic) bond motifs is 1. The second-order valence-electron chi connectivity index (χ2n) is 5.53. The summed E-state index contributed by atoms with van der Waals surface area (Å²) in [5.41, 5.74) is 2.14. The molecule has 3 nitrogen and oxygen atoms in total. The average Bonchev–Trinajstić information content (AvgIpc) is 3.14. The highest BCUT2D eigenvalue weighted by Crippen LogP contribution is 2.53. The molecule has 0 bridgehead atoms. The van der Waals surface area contributed by atoms with Gasteiger partial charge >= 0.3 is 5.97 Å². The van der Waals surface area contributed by atoms with E-state index in [1.807, 2.05) is 29.8 Å². The third-order valence-electron chi connectivity index (χ3n) is 4.20. The molecule has 7 heteroatoms. The molecule has 3 rings (SSSR count). The van der Waals surface area contributed by atoms with Gasteiger partial charge in [-0.3, -0.25) is 0 Å². The Labute approximate surface area is 170 Å². The summed E-state index contributed by atoms with van der Waals surface area (Å²) in [6.07, 6.45) is 7.26. The van der Waals surface area contributed by atoms with Gasteiger partial charge in [0.05, 0.1) is 15.6 Å². The molecule has 1 N–H and O–H groups in total. The van der Waals surface area contributed by atoms with E-state index in [9.17, 15) is 4.79 Å². The first-order valence-corrected chi connectivity index (χ1v) is 12.3. The van der Waals surface area contributed by atoms with Crippen molar-refractivity contribution in [2.45, 2.75) is 15.4 Å². The van der Waals surface area contributed by atoms with Gasteiger partial charge in [0.25, 0.3) is 0 Å². The van der Waals surface area contributed by atoms with E-state index in [0.717, 1.165) is 34.1 Å². The largest absolute Gasteiger partial charge is 0.493 e. The summed E-state index contributed by atoms with van der Waals surface area (Å²) in [5.74, 6) is 6.39. The number of aromatic carboxylic acids is 1. The van der Waals surface area contributed by atoms with E-state index in [2.05, 4.69) is 36.5 Å². The minimum Gasteiger partial charge on any atom is -0.493 e. The molecule has 2 heterocycles. The molecule has 0 atom stereocenters. The summed E-state index contributed by atoms with van der Waals surface area (Å²) in [4.78, 5) is 13.2. The Hall–Kier alpha value is -1.20. The van der Waals surface area contributed by atoms with E-state index < -0.39 is 5.97 Å². The van der Waals surface area contributed by atoms with Gasteiger partial charge in [0.1, 0.15) is 10.6 Å².